The molecule has 0 amide bonds. The second-order valence-electron chi connectivity index (χ2n) is 16.9. The SMILES string of the molecule is c1ccc(-c2ccc(N(c3cccc(-c4ccc(-c5ccccc5)c5ccccc45)c3)c3ccc(-c4ccccc4-n4c5ccccc5c5ccccc54)cc3-c3ccccc3)cc2)cc1. The molecule has 0 spiro atoms. The standard InChI is InChI=1S/C64H44N2/c1-4-19-45(20-5-1)46-35-38-51(39-36-46)65(52-26-18-25-49(43-52)54-41-40-53(47-21-6-2-7-22-47)56-28-10-11-29-57(54)56)64-42-37-50(44-60(64)48-23-8-3-9-24-48)55-27-12-15-32-61(55)66-62-33-16-13-30-58(62)59-31-14-17-34-63(59)66/h1-44H. The van der Waals surface area contributed by atoms with Crippen LogP contribution in [0.3, 0.4) is 0 Å². The maximum atomic E-state index is 2.43. The van der Waals surface area contributed by atoms with E-state index >= 15 is 0 Å². The molecule has 0 aliphatic carbocycles. The summed E-state index contributed by atoms with van der Waals surface area (Å²) >= 11 is 0. The molecular formula is C64H44N2. The van der Waals surface area contributed by atoms with Gasteiger partial charge >= 0.3 is 0 Å². The molecule has 0 N–H and O–H groups in total. The van der Waals surface area contributed by atoms with Crippen LogP contribution < -0.4 is 4.90 Å². The van der Waals surface area contributed by atoms with Gasteiger partial charge in [0.1, 0.15) is 0 Å². The van der Waals surface area contributed by atoms with Gasteiger partial charge in [0.25, 0.3) is 0 Å². The molecule has 0 fully saturated rings. The van der Waals surface area contributed by atoms with Crippen LogP contribution in [0.2, 0.25) is 0 Å². The Balaban J connectivity index is 1.05. The molecule has 0 atom stereocenters. The molecule has 0 aliphatic heterocycles. The Morgan fingerprint density at radius 3 is 1.33 bits per heavy atom. The summed E-state index contributed by atoms with van der Waals surface area (Å²) in [6.45, 7) is 0. The monoisotopic (exact) mass is 840 g/mol. The van der Waals surface area contributed by atoms with Crippen LogP contribution in [0.25, 0.3) is 93.9 Å². The molecular weight excluding hydrogens is 797 g/mol. The third-order valence-electron chi connectivity index (χ3n) is 13.0. The molecule has 12 aromatic rings. The molecule has 0 saturated heterocycles. The second-order valence-corrected chi connectivity index (χ2v) is 16.9. The van der Waals surface area contributed by atoms with E-state index in [2.05, 4.69) is 276 Å². The van der Waals surface area contributed by atoms with Crippen molar-refractivity contribution in [3.8, 4) is 61.3 Å². The van der Waals surface area contributed by atoms with E-state index in [0.717, 1.165) is 45.0 Å². The molecule has 0 radical (unpaired) electrons. The van der Waals surface area contributed by atoms with Crippen molar-refractivity contribution < 1.29 is 0 Å². The molecule has 66 heavy (non-hydrogen) atoms. The third-order valence-corrected chi connectivity index (χ3v) is 13.0. The van der Waals surface area contributed by atoms with Crippen LogP contribution >= 0.6 is 0 Å². The molecule has 0 saturated carbocycles. The normalized spacial score (nSPS) is 11.3. The van der Waals surface area contributed by atoms with Gasteiger partial charge in [-0.25, -0.2) is 0 Å². The Kier molecular flexibility index (Phi) is 9.89. The maximum Gasteiger partial charge on any atom is 0.0541 e. The zero-order valence-corrected chi connectivity index (χ0v) is 36.3. The number of hydrogen-bond acceptors (Lipinski definition) is 1. The van der Waals surface area contributed by atoms with Crippen LogP contribution in [-0.2, 0) is 0 Å². The van der Waals surface area contributed by atoms with Crippen molar-refractivity contribution in [3.05, 3.63) is 267 Å². The molecule has 11 aromatic carbocycles. The zero-order chi connectivity index (χ0) is 43.8. The largest absolute Gasteiger partial charge is 0.310 e. The van der Waals surface area contributed by atoms with Gasteiger partial charge in [-0.05, 0) is 110 Å². The van der Waals surface area contributed by atoms with E-state index in [-0.39, 0.29) is 0 Å². The van der Waals surface area contributed by atoms with Gasteiger partial charge in [0.2, 0.25) is 0 Å². The van der Waals surface area contributed by atoms with E-state index in [1.165, 1.54) is 66.0 Å². The minimum Gasteiger partial charge on any atom is -0.310 e. The predicted molar refractivity (Wildman–Crippen MR) is 280 cm³/mol. The first-order valence-corrected chi connectivity index (χ1v) is 22.7. The van der Waals surface area contributed by atoms with Gasteiger partial charge in [0.05, 0.1) is 22.4 Å². The van der Waals surface area contributed by atoms with Crippen molar-refractivity contribution in [2.75, 3.05) is 4.90 Å². The quantitative estimate of drug-likeness (QED) is 0.141. The fourth-order valence-electron chi connectivity index (χ4n) is 9.94. The minimum absolute atomic E-state index is 1.08. The summed E-state index contributed by atoms with van der Waals surface area (Å²) in [4.78, 5) is 2.43. The van der Waals surface area contributed by atoms with E-state index < -0.39 is 0 Å². The van der Waals surface area contributed by atoms with Crippen molar-refractivity contribution in [2.24, 2.45) is 0 Å². The summed E-state index contributed by atoms with van der Waals surface area (Å²) in [5.74, 6) is 0. The zero-order valence-electron chi connectivity index (χ0n) is 36.3. The topological polar surface area (TPSA) is 8.17 Å². The second kappa shape index (κ2) is 16.8. The number of aromatic nitrogens is 1. The number of para-hydroxylation sites is 3. The van der Waals surface area contributed by atoms with Crippen LogP contribution in [0.5, 0.6) is 0 Å². The Hall–Kier alpha value is -8.72. The van der Waals surface area contributed by atoms with Crippen LogP contribution in [0.4, 0.5) is 17.1 Å². The fourth-order valence-corrected chi connectivity index (χ4v) is 9.94. The molecule has 0 unspecified atom stereocenters. The molecule has 310 valence electrons. The fraction of sp³-hybridized carbons (Fsp3) is 0. The van der Waals surface area contributed by atoms with E-state index in [9.17, 15) is 0 Å². The minimum atomic E-state index is 1.08. The summed E-state index contributed by atoms with van der Waals surface area (Å²) in [5.41, 5.74) is 18.6. The predicted octanol–water partition coefficient (Wildman–Crippen LogP) is 17.7. The molecule has 2 heteroatoms. The van der Waals surface area contributed by atoms with Crippen LogP contribution in [-0.4, -0.2) is 4.57 Å². The summed E-state index contributed by atoms with van der Waals surface area (Å²) in [6.07, 6.45) is 0. The van der Waals surface area contributed by atoms with Gasteiger partial charge in [0.15, 0.2) is 0 Å². The number of benzene rings is 11. The number of rotatable bonds is 9. The molecule has 0 aliphatic rings. The van der Waals surface area contributed by atoms with Crippen LogP contribution in [0.1, 0.15) is 0 Å². The number of anilines is 3. The summed E-state index contributed by atoms with van der Waals surface area (Å²) in [5, 5.41) is 4.97. The van der Waals surface area contributed by atoms with Crippen LogP contribution in [0.15, 0.2) is 267 Å². The Bertz CT molecular complexity index is 3630. The lowest BCUT2D eigenvalue weighted by molar-refractivity contribution is 1.18. The highest BCUT2D eigenvalue weighted by Gasteiger charge is 2.22. The van der Waals surface area contributed by atoms with Crippen molar-refractivity contribution in [1.82, 2.24) is 4.57 Å². The first-order chi connectivity index (χ1) is 32.8. The lowest BCUT2D eigenvalue weighted by atomic mass is 9.91. The Labute approximate surface area is 385 Å². The van der Waals surface area contributed by atoms with Crippen molar-refractivity contribution in [1.29, 1.82) is 0 Å². The first kappa shape index (κ1) is 38.9. The smallest absolute Gasteiger partial charge is 0.0541 e. The molecule has 12 rings (SSSR count). The van der Waals surface area contributed by atoms with Crippen LogP contribution in [0, 0.1) is 0 Å². The molecule has 0 bridgehead atoms. The van der Waals surface area contributed by atoms with Gasteiger partial charge in [-0.15, -0.1) is 0 Å². The molecule has 2 nitrogen and oxygen atoms in total. The van der Waals surface area contributed by atoms with E-state index in [0.29, 0.717) is 0 Å². The highest BCUT2D eigenvalue weighted by molar-refractivity contribution is 6.10. The lowest BCUT2D eigenvalue weighted by Gasteiger charge is -2.29. The Morgan fingerprint density at radius 1 is 0.242 bits per heavy atom. The highest BCUT2D eigenvalue weighted by Crippen LogP contribution is 2.46. The van der Waals surface area contributed by atoms with E-state index in [1.54, 1.807) is 0 Å². The first-order valence-electron chi connectivity index (χ1n) is 22.7. The third kappa shape index (κ3) is 6.93. The lowest BCUT2D eigenvalue weighted by Crippen LogP contribution is -2.11. The summed E-state index contributed by atoms with van der Waals surface area (Å²) in [7, 11) is 0. The van der Waals surface area contributed by atoms with Crippen molar-refractivity contribution in [3.63, 3.8) is 0 Å². The maximum absolute atomic E-state index is 2.43. The van der Waals surface area contributed by atoms with Crippen molar-refractivity contribution >= 4 is 49.6 Å². The summed E-state index contributed by atoms with van der Waals surface area (Å²) < 4.78 is 2.43. The van der Waals surface area contributed by atoms with Gasteiger partial charge in [-0.1, -0.05) is 212 Å². The van der Waals surface area contributed by atoms with Crippen molar-refractivity contribution in [2.45, 2.75) is 0 Å². The number of hydrogen-bond donors (Lipinski definition) is 0. The average Bonchev–Trinajstić information content (AvgIpc) is 3.74. The summed E-state index contributed by atoms with van der Waals surface area (Å²) in [6, 6.07) is 96.9. The van der Waals surface area contributed by atoms with Gasteiger partial charge < -0.3 is 9.47 Å². The van der Waals surface area contributed by atoms with E-state index in [4.69, 9.17) is 0 Å². The average molecular weight is 841 g/mol. The number of fused-ring (bicyclic) bond motifs is 4. The Morgan fingerprint density at radius 2 is 0.697 bits per heavy atom. The van der Waals surface area contributed by atoms with Gasteiger partial charge in [-0.3, -0.25) is 0 Å². The van der Waals surface area contributed by atoms with Gasteiger partial charge in [-0.2, -0.15) is 0 Å². The number of nitrogens with zero attached hydrogens (tertiary/aromatic N) is 2. The highest BCUT2D eigenvalue weighted by atomic mass is 15.1. The van der Waals surface area contributed by atoms with Gasteiger partial charge in [0, 0.05) is 33.3 Å². The van der Waals surface area contributed by atoms with E-state index in [1.807, 2.05) is 0 Å². The molecule has 1 aromatic heterocycles. The molecule has 1 heterocycles.